The first-order valence-electron chi connectivity index (χ1n) is 11.0. The summed E-state index contributed by atoms with van der Waals surface area (Å²) in [6.45, 7) is 3.86. The van der Waals surface area contributed by atoms with Crippen LogP contribution in [0.1, 0.15) is 46.7 Å². The van der Waals surface area contributed by atoms with Crippen molar-refractivity contribution in [1.82, 2.24) is 19.8 Å². The van der Waals surface area contributed by atoms with Gasteiger partial charge in [0.15, 0.2) is 5.11 Å². The highest BCUT2D eigenvalue weighted by atomic mass is 32.1. The molecule has 3 aromatic rings. The SMILES string of the molecule is COC(=O)CCN1C(=S)NC(c2ccccn2)C1c1cc(C)n(-c2ccccc2C(F)(F)F)c1C. The molecule has 0 bridgehead atoms. The van der Waals surface area contributed by atoms with Gasteiger partial charge in [-0.1, -0.05) is 18.2 Å². The number of halogens is 3. The zero-order valence-corrected chi connectivity index (χ0v) is 20.3. The number of methoxy groups -OCH3 is 1. The van der Waals surface area contributed by atoms with Gasteiger partial charge in [-0.2, -0.15) is 13.2 Å². The maximum Gasteiger partial charge on any atom is 0.418 e. The Morgan fingerprint density at radius 3 is 2.54 bits per heavy atom. The van der Waals surface area contributed by atoms with Crippen LogP contribution in [0.3, 0.4) is 0 Å². The van der Waals surface area contributed by atoms with Gasteiger partial charge in [0.2, 0.25) is 0 Å². The van der Waals surface area contributed by atoms with Crippen LogP contribution >= 0.6 is 12.2 Å². The Bertz CT molecular complexity index is 1240. The predicted molar refractivity (Wildman–Crippen MR) is 129 cm³/mol. The van der Waals surface area contributed by atoms with E-state index in [-0.39, 0.29) is 36.7 Å². The first kappa shape index (κ1) is 24.7. The fourth-order valence-electron chi connectivity index (χ4n) is 4.66. The van der Waals surface area contributed by atoms with Gasteiger partial charge in [0.05, 0.1) is 42.6 Å². The molecule has 0 aliphatic carbocycles. The van der Waals surface area contributed by atoms with Crippen LogP contribution in [-0.4, -0.2) is 39.2 Å². The highest BCUT2D eigenvalue weighted by molar-refractivity contribution is 7.80. The molecule has 35 heavy (non-hydrogen) atoms. The Morgan fingerprint density at radius 1 is 1.17 bits per heavy atom. The minimum Gasteiger partial charge on any atom is -0.469 e. The van der Waals surface area contributed by atoms with Crippen LogP contribution in [0.5, 0.6) is 0 Å². The number of rotatable bonds is 6. The summed E-state index contributed by atoms with van der Waals surface area (Å²) in [5, 5.41) is 3.74. The van der Waals surface area contributed by atoms with Crippen molar-refractivity contribution < 1.29 is 22.7 Å². The topological polar surface area (TPSA) is 59.4 Å². The molecule has 1 aliphatic rings. The minimum atomic E-state index is -4.50. The molecule has 0 amide bonds. The molecule has 4 rings (SSSR count). The number of para-hydroxylation sites is 1. The van der Waals surface area contributed by atoms with Gasteiger partial charge in [-0.25, -0.2) is 0 Å². The summed E-state index contributed by atoms with van der Waals surface area (Å²) in [4.78, 5) is 18.2. The van der Waals surface area contributed by atoms with Crippen molar-refractivity contribution in [3.05, 3.63) is 82.9 Å². The molecule has 2 unspecified atom stereocenters. The monoisotopic (exact) mass is 502 g/mol. The molecule has 0 radical (unpaired) electrons. The van der Waals surface area contributed by atoms with Gasteiger partial charge in [-0.3, -0.25) is 9.78 Å². The number of aromatic nitrogens is 2. The van der Waals surface area contributed by atoms with Gasteiger partial charge in [-0.05, 0) is 62.0 Å². The molecule has 0 spiro atoms. The number of pyridine rings is 1. The molecule has 1 fully saturated rings. The van der Waals surface area contributed by atoms with Crippen molar-refractivity contribution in [2.45, 2.75) is 38.5 Å². The Balaban J connectivity index is 1.84. The highest BCUT2D eigenvalue weighted by Crippen LogP contribution is 2.42. The molecule has 6 nitrogen and oxygen atoms in total. The van der Waals surface area contributed by atoms with Crippen molar-refractivity contribution >= 4 is 23.3 Å². The second-order valence-corrected chi connectivity index (χ2v) is 8.71. The number of alkyl halides is 3. The molecule has 1 saturated heterocycles. The van der Waals surface area contributed by atoms with Crippen molar-refractivity contribution in [1.29, 1.82) is 0 Å². The van der Waals surface area contributed by atoms with Crippen LogP contribution in [0.4, 0.5) is 13.2 Å². The molecule has 2 atom stereocenters. The molecule has 0 saturated carbocycles. The van der Waals surface area contributed by atoms with Crippen molar-refractivity contribution in [2.24, 2.45) is 0 Å². The number of esters is 1. The number of aryl methyl sites for hydroxylation is 1. The molecule has 2 aromatic heterocycles. The number of ether oxygens (including phenoxy) is 1. The second kappa shape index (κ2) is 9.69. The van der Waals surface area contributed by atoms with Crippen LogP contribution in [-0.2, 0) is 15.7 Å². The standard InChI is InChI=1S/C25H25F3N4O2S/c1-15-14-17(16(2)32(15)20-10-5-4-8-18(20)25(26,27)28)23-22(19-9-6-7-12-29-19)30-24(35)31(23)13-11-21(33)34-3/h4-10,12,14,22-23H,11,13H2,1-3H3,(H,30,35). The third kappa shape index (κ3) is 4.75. The average Bonchev–Trinajstić information content (AvgIpc) is 3.32. The molecule has 1 aromatic carbocycles. The van der Waals surface area contributed by atoms with Crippen molar-refractivity contribution in [3.8, 4) is 5.69 Å². The van der Waals surface area contributed by atoms with E-state index in [0.29, 0.717) is 16.5 Å². The van der Waals surface area contributed by atoms with Crippen LogP contribution in [0.2, 0.25) is 0 Å². The van der Waals surface area contributed by atoms with E-state index in [1.54, 1.807) is 36.7 Å². The van der Waals surface area contributed by atoms with Crippen LogP contribution < -0.4 is 5.32 Å². The smallest absolute Gasteiger partial charge is 0.418 e. The highest BCUT2D eigenvalue weighted by Gasteiger charge is 2.42. The van der Waals surface area contributed by atoms with E-state index in [0.717, 1.165) is 17.3 Å². The maximum absolute atomic E-state index is 13.8. The normalized spacial score (nSPS) is 18.0. The van der Waals surface area contributed by atoms with Crippen LogP contribution in [0, 0.1) is 13.8 Å². The molecular weight excluding hydrogens is 477 g/mol. The summed E-state index contributed by atoms with van der Waals surface area (Å²) in [5.41, 5.74) is 2.19. The Hall–Kier alpha value is -3.40. The maximum atomic E-state index is 13.8. The Morgan fingerprint density at radius 2 is 1.89 bits per heavy atom. The summed E-state index contributed by atoms with van der Waals surface area (Å²) in [7, 11) is 1.32. The van der Waals surface area contributed by atoms with E-state index < -0.39 is 11.7 Å². The first-order chi connectivity index (χ1) is 16.6. The molecule has 3 heterocycles. The quantitative estimate of drug-likeness (QED) is 0.376. The van der Waals surface area contributed by atoms with Gasteiger partial charge >= 0.3 is 12.1 Å². The largest absolute Gasteiger partial charge is 0.469 e. The fourth-order valence-corrected chi connectivity index (χ4v) is 5.00. The number of thiocarbonyl (C=S) groups is 1. The lowest BCUT2D eigenvalue weighted by atomic mass is 9.96. The Kier molecular flexibility index (Phi) is 6.84. The molecule has 10 heteroatoms. The number of carbonyl (C=O) groups is 1. The van der Waals surface area contributed by atoms with E-state index in [2.05, 4.69) is 10.3 Å². The van der Waals surface area contributed by atoms with E-state index in [1.165, 1.54) is 19.2 Å². The number of hydrogen-bond donors (Lipinski definition) is 1. The van der Waals surface area contributed by atoms with Gasteiger partial charge in [0, 0.05) is 24.1 Å². The zero-order chi connectivity index (χ0) is 25.3. The van der Waals surface area contributed by atoms with Gasteiger partial charge in [-0.15, -0.1) is 0 Å². The fraction of sp³-hybridized carbons (Fsp3) is 0.320. The van der Waals surface area contributed by atoms with E-state index in [1.807, 2.05) is 23.1 Å². The predicted octanol–water partition coefficient (Wildman–Crippen LogP) is 5.04. The lowest BCUT2D eigenvalue weighted by Gasteiger charge is -2.28. The molecular formula is C25H25F3N4O2S. The molecule has 1 aliphatic heterocycles. The second-order valence-electron chi connectivity index (χ2n) is 8.32. The van der Waals surface area contributed by atoms with Crippen molar-refractivity contribution in [2.75, 3.05) is 13.7 Å². The Labute approximate surface area is 206 Å². The summed E-state index contributed by atoms with van der Waals surface area (Å²) in [6.07, 6.45) is -2.71. The third-order valence-corrected chi connectivity index (χ3v) is 6.57. The minimum absolute atomic E-state index is 0.0604. The van der Waals surface area contributed by atoms with Gasteiger partial charge < -0.3 is 19.5 Å². The van der Waals surface area contributed by atoms with Crippen LogP contribution in [0.25, 0.3) is 5.69 Å². The number of nitrogens with one attached hydrogen (secondary N) is 1. The molecule has 1 N–H and O–H groups in total. The van der Waals surface area contributed by atoms with E-state index in [4.69, 9.17) is 17.0 Å². The van der Waals surface area contributed by atoms with Crippen molar-refractivity contribution in [3.63, 3.8) is 0 Å². The zero-order valence-electron chi connectivity index (χ0n) is 19.5. The molecule has 184 valence electrons. The first-order valence-corrected chi connectivity index (χ1v) is 11.4. The number of hydrogen-bond acceptors (Lipinski definition) is 4. The lowest BCUT2D eigenvalue weighted by molar-refractivity contribution is -0.141. The number of benzene rings is 1. The average molecular weight is 503 g/mol. The van der Waals surface area contributed by atoms with Gasteiger partial charge in [0.1, 0.15) is 0 Å². The summed E-state index contributed by atoms with van der Waals surface area (Å²) in [6, 6.07) is 12.2. The summed E-state index contributed by atoms with van der Waals surface area (Å²) in [5.74, 6) is -0.377. The summed E-state index contributed by atoms with van der Waals surface area (Å²) < 4.78 is 47.8. The number of nitrogens with zero attached hydrogens (tertiary/aromatic N) is 3. The lowest BCUT2D eigenvalue weighted by Crippen LogP contribution is -2.32. The van der Waals surface area contributed by atoms with E-state index >= 15 is 0 Å². The number of carbonyl (C=O) groups excluding carboxylic acids is 1. The van der Waals surface area contributed by atoms with Crippen LogP contribution in [0.15, 0.2) is 54.7 Å². The summed E-state index contributed by atoms with van der Waals surface area (Å²) >= 11 is 5.61. The third-order valence-electron chi connectivity index (χ3n) is 6.22. The van der Waals surface area contributed by atoms with E-state index in [9.17, 15) is 18.0 Å². The van der Waals surface area contributed by atoms with Gasteiger partial charge in [0.25, 0.3) is 0 Å².